The highest BCUT2D eigenvalue weighted by molar-refractivity contribution is 7.81. The third-order valence-electron chi connectivity index (χ3n) is 3.97. The molecule has 24 heavy (non-hydrogen) atoms. The van der Waals surface area contributed by atoms with Crippen LogP contribution in [0.3, 0.4) is 0 Å². The molecule has 12 heteroatoms. The predicted octanol–water partition coefficient (Wildman–Crippen LogP) is -0.956. The molecule has 0 aromatic carbocycles. The number of piperidine rings is 1. The van der Waals surface area contributed by atoms with E-state index in [0.29, 0.717) is 17.9 Å². The maximum Gasteiger partial charge on any atom is 0.421 e. The maximum absolute atomic E-state index is 12.2. The van der Waals surface area contributed by atoms with Crippen LogP contribution in [0.15, 0.2) is 0 Å². The average molecular weight is 365 g/mol. The first-order valence-corrected chi connectivity index (χ1v) is 8.49. The van der Waals surface area contributed by atoms with E-state index in [-0.39, 0.29) is 6.54 Å². The first-order chi connectivity index (χ1) is 10.9. The van der Waals surface area contributed by atoms with Gasteiger partial charge in [0.25, 0.3) is 0 Å². The molecule has 0 aliphatic carbocycles. The highest BCUT2D eigenvalue weighted by atomic mass is 32.3. The molecule has 0 aromatic rings. The molecule has 2 fully saturated rings. The van der Waals surface area contributed by atoms with Crippen LogP contribution in [0, 0.1) is 5.41 Å². The Labute approximate surface area is 138 Å². The van der Waals surface area contributed by atoms with Gasteiger partial charge in [0.2, 0.25) is 5.91 Å². The van der Waals surface area contributed by atoms with E-state index >= 15 is 0 Å². The molecule has 2 saturated heterocycles. The van der Waals surface area contributed by atoms with Crippen LogP contribution >= 0.6 is 0 Å². The molecule has 0 radical (unpaired) electrons. The fraction of sp³-hybridized carbons (Fsp3) is 0.750. The van der Waals surface area contributed by atoms with Crippen molar-refractivity contribution in [3.05, 3.63) is 0 Å². The summed E-state index contributed by atoms with van der Waals surface area (Å²) in [5.74, 6) is -1.92. The van der Waals surface area contributed by atoms with E-state index in [1.165, 1.54) is 13.8 Å². The molecule has 11 nitrogen and oxygen atoms in total. The van der Waals surface area contributed by atoms with Crippen molar-refractivity contribution in [3.8, 4) is 0 Å². The molecule has 3 amide bonds. The van der Waals surface area contributed by atoms with E-state index < -0.39 is 52.4 Å². The number of rotatable bonds is 7. The van der Waals surface area contributed by atoms with Crippen LogP contribution in [0.25, 0.3) is 0 Å². The van der Waals surface area contributed by atoms with Crippen molar-refractivity contribution >= 4 is 28.3 Å². The van der Waals surface area contributed by atoms with E-state index in [1.807, 2.05) is 0 Å². The summed E-state index contributed by atoms with van der Waals surface area (Å²) in [6, 6.07) is -2.16. The Balaban J connectivity index is 2.04. The second-order valence-corrected chi connectivity index (χ2v) is 7.55. The first-order valence-electron chi connectivity index (χ1n) is 7.16. The zero-order valence-electron chi connectivity index (χ0n) is 13.2. The number of fused-ring (bicyclic) bond motifs is 2. The Morgan fingerprint density at radius 2 is 2.00 bits per heavy atom. The molecule has 3 N–H and O–H groups in total. The van der Waals surface area contributed by atoms with Crippen molar-refractivity contribution in [2.75, 3.05) is 13.2 Å². The number of hydroxylamine groups is 2. The molecule has 2 bridgehead atoms. The van der Waals surface area contributed by atoms with Crippen LogP contribution < -0.4 is 5.73 Å². The lowest BCUT2D eigenvalue weighted by molar-refractivity contribution is -0.148. The number of amides is 3. The molecule has 0 spiro atoms. The summed E-state index contributed by atoms with van der Waals surface area (Å²) in [5.41, 5.74) is 3.76. The summed E-state index contributed by atoms with van der Waals surface area (Å²) in [6.07, 6.45) is 0.643. The smallest absolute Gasteiger partial charge is 0.421 e. The molecule has 0 saturated carbocycles. The van der Waals surface area contributed by atoms with E-state index in [0.717, 1.165) is 4.90 Å². The van der Waals surface area contributed by atoms with Gasteiger partial charge in [-0.25, -0.2) is 8.98 Å². The summed E-state index contributed by atoms with van der Waals surface area (Å²) in [7, 11) is -4.64. The normalized spacial score (nSPS) is 24.3. The van der Waals surface area contributed by atoms with Crippen molar-refractivity contribution in [3.63, 3.8) is 0 Å². The van der Waals surface area contributed by atoms with Crippen LogP contribution in [0.2, 0.25) is 0 Å². The number of nitrogens with two attached hydrogens (primary N) is 1. The van der Waals surface area contributed by atoms with Gasteiger partial charge in [-0.1, -0.05) is 0 Å². The lowest BCUT2D eigenvalue weighted by Crippen LogP contribution is -2.47. The summed E-state index contributed by atoms with van der Waals surface area (Å²) in [4.78, 5) is 35.6. The van der Waals surface area contributed by atoms with Gasteiger partial charge in [0.05, 0.1) is 18.1 Å². The third-order valence-corrected chi connectivity index (χ3v) is 4.72. The zero-order chi connectivity index (χ0) is 18.3. The largest absolute Gasteiger partial charge is 0.481 e. The van der Waals surface area contributed by atoms with Gasteiger partial charge in [-0.2, -0.15) is 13.5 Å². The van der Waals surface area contributed by atoms with Gasteiger partial charge in [-0.3, -0.25) is 9.59 Å². The van der Waals surface area contributed by atoms with Crippen molar-refractivity contribution < 1.29 is 36.4 Å². The summed E-state index contributed by atoms with van der Waals surface area (Å²) in [5, 5.41) is 9.57. The third kappa shape index (κ3) is 3.60. The van der Waals surface area contributed by atoms with Crippen LogP contribution in [0.1, 0.15) is 26.7 Å². The second kappa shape index (κ2) is 6.18. The fourth-order valence-corrected chi connectivity index (χ4v) is 3.29. The molecule has 2 aliphatic heterocycles. The lowest BCUT2D eigenvalue weighted by atomic mass is 9.96. The number of aliphatic carboxylic acids is 1. The molecule has 2 heterocycles. The minimum Gasteiger partial charge on any atom is -0.481 e. The van der Waals surface area contributed by atoms with Gasteiger partial charge in [0.1, 0.15) is 6.04 Å². The number of nitrogens with zero attached hydrogens (tertiary/aromatic N) is 2. The Hall–Kier alpha value is -1.92. The number of hydrogen-bond acceptors (Lipinski definition) is 7. The van der Waals surface area contributed by atoms with Gasteiger partial charge in [0, 0.05) is 6.54 Å². The Kier molecular flexibility index (Phi) is 4.74. The Bertz CT molecular complexity index is 661. The standard InChI is InChI=1S/C12H19N3O8S/c1-12(2,10(17)18)6-22-24(20,21)23-15-7-3-4-8(9(13)16)14(5-7)11(15)19/h7-8H,3-6H2,1-2H3,(H2,13,16)(H,17,18)/t7-,8+/m1/s1. The first kappa shape index (κ1) is 18.4. The second-order valence-electron chi connectivity index (χ2n) is 6.34. The SMILES string of the molecule is CC(C)(COS(=O)(=O)ON1C(=O)N2C[C@H]1CC[C@H]2C(N)=O)C(=O)O. The van der Waals surface area contributed by atoms with E-state index in [2.05, 4.69) is 8.47 Å². The van der Waals surface area contributed by atoms with Crippen LogP contribution in [0.5, 0.6) is 0 Å². The molecular formula is C12H19N3O8S. The van der Waals surface area contributed by atoms with E-state index in [9.17, 15) is 22.8 Å². The number of hydrogen-bond donors (Lipinski definition) is 2. The van der Waals surface area contributed by atoms with Crippen molar-refractivity contribution in [1.82, 2.24) is 9.96 Å². The number of carboxylic acid groups (broad SMARTS) is 1. The van der Waals surface area contributed by atoms with Gasteiger partial charge in [0.15, 0.2) is 0 Å². The van der Waals surface area contributed by atoms with Crippen LogP contribution in [0.4, 0.5) is 4.79 Å². The molecule has 0 unspecified atom stereocenters. The van der Waals surface area contributed by atoms with Gasteiger partial charge in [-0.15, -0.1) is 4.28 Å². The van der Waals surface area contributed by atoms with Crippen LogP contribution in [-0.2, 0) is 28.5 Å². The molecule has 2 aliphatic rings. The summed E-state index contributed by atoms with van der Waals surface area (Å²) < 4.78 is 33.0. The fourth-order valence-electron chi connectivity index (χ4n) is 2.43. The zero-order valence-corrected chi connectivity index (χ0v) is 14.0. The molecule has 136 valence electrons. The highest BCUT2D eigenvalue weighted by Crippen LogP contribution is 2.31. The number of carboxylic acids is 1. The Morgan fingerprint density at radius 1 is 1.38 bits per heavy atom. The quantitative estimate of drug-likeness (QED) is 0.584. The Morgan fingerprint density at radius 3 is 2.54 bits per heavy atom. The van der Waals surface area contributed by atoms with E-state index in [1.54, 1.807) is 0 Å². The van der Waals surface area contributed by atoms with Gasteiger partial charge in [-0.05, 0) is 26.7 Å². The van der Waals surface area contributed by atoms with Crippen molar-refractivity contribution in [2.24, 2.45) is 11.1 Å². The maximum atomic E-state index is 12.2. The summed E-state index contributed by atoms with van der Waals surface area (Å²) in [6.45, 7) is 2.01. The highest BCUT2D eigenvalue weighted by Gasteiger charge is 2.49. The number of urea groups is 1. The minimum absolute atomic E-state index is 0.114. The topological polar surface area (TPSA) is 157 Å². The number of carbonyl (C=O) groups is 3. The number of primary amides is 1. The average Bonchev–Trinajstić information content (AvgIpc) is 2.70. The van der Waals surface area contributed by atoms with Crippen molar-refractivity contribution in [1.29, 1.82) is 0 Å². The minimum atomic E-state index is -4.64. The molecule has 2 atom stereocenters. The molecule has 0 aromatic heterocycles. The van der Waals surface area contributed by atoms with Crippen molar-refractivity contribution in [2.45, 2.75) is 38.8 Å². The monoisotopic (exact) mass is 365 g/mol. The molecular weight excluding hydrogens is 346 g/mol. The van der Waals surface area contributed by atoms with Gasteiger partial charge < -0.3 is 15.7 Å². The predicted molar refractivity (Wildman–Crippen MR) is 77.3 cm³/mol. The summed E-state index contributed by atoms with van der Waals surface area (Å²) >= 11 is 0. The van der Waals surface area contributed by atoms with Crippen LogP contribution in [-0.4, -0.2) is 66.6 Å². The van der Waals surface area contributed by atoms with Gasteiger partial charge >= 0.3 is 22.4 Å². The number of carbonyl (C=O) groups excluding carboxylic acids is 2. The van der Waals surface area contributed by atoms with E-state index in [4.69, 9.17) is 10.8 Å². The lowest BCUT2D eigenvalue weighted by Gasteiger charge is -2.27. The molecule has 2 rings (SSSR count).